The van der Waals surface area contributed by atoms with Gasteiger partial charge in [0.05, 0.1) is 25.0 Å². The molecule has 0 amide bonds. The van der Waals surface area contributed by atoms with E-state index in [0.29, 0.717) is 0 Å². The molecule has 4 nitrogen and oxygen atoms in total. The van der Waals surface area contributed by atoms with E-state index in [1.807, 2.05) is 0 Å². The molecule has 0 aliphatic carbocycles. The SMILES string of the molecule is CCOC(=O)C(C)(NCC(F)(F)F)c1ccc(F)cn1. The van der Waals surface area contributed by atoms with Crippen molar-refractivity contribution in [3.63, 3.8) is 0 Å². The Bertz CT molecular complexity index is 462. The monoisotopic (exact) mass is 294 g/mol. The van der Waals surface area contributed by atoms with E-state index in [2.05, 4.69) is 10.3 Å². The number of nitrogens with zero attached hydrogens (tertiary/aromatic N) is 1. The molecule has 1 heterocycles. The molecule has 0 aliphatic rings. The summed E-state index contributed by atoms with van der Waals surface area (Å²) in [5, 5.41) is 2.07. The summed E-state index contributed by atoms with van der Waals surface area (Å²) < 4.78 is 54.5. The van der Waals surface area contributed by atoms with Crippen molar-refractivity contribution in [2.24, 2.45) is 0 Å². The van der Waals surface area contributed by atoms with Crippen LogP contribution in [0.1, 0.15) is 19.5 Å². The minimum atomic E-state index is -4.51. The summed E-state index contributed by atoms with van der Waals surface area (Å²) in [5.74, 6) is -1.57. The Labute approximate surface area is 113 Å². The van der Waals surface area contributed by atoms with Gasteiger partial charge in [0.15, 0.2) is 5.54 Å². The highest BCUT2D eigenvalue weighted by molar-refractivity contribution is 5.81. The molecule has 1 unspecified atom stereocenters. The van der Waals surface area contributed by atoms with Crippen molar-refractivity contribution in [3.05, 3.63) is 29.8 Å². The maximum Gasteiger partial charge on any atom is 0.401 e. The molecular weight excluding hydrogens is 280 g/mol. The van der Waals surface area contributed by atoms with Crippen LogP contribution in [-0.4, -0.2) is 30.3 Å². The smallest absolute Gasteiger partial charge is 0.401 e. The molecule has 1 aromatic rings. The maximum atomic E-state index is 12.8. The number of pyridine rings is 1. The lowest BCUT2D eigenvalue weighted by Gasteiger charge is -2.28. The minimum absolute atomic E-state index is 0.00329. The van der Waals surface area contributed by atoms with Crippen LogP contribution in [0, 0.1) is 5.82 Å². The van der Waals surface area contributed by atoms with Gasteiger partial charge in [-0.25, -0.2) is 9.18 Å². The molecule has 0 saturated carbocycles. The fourth-order valence-corrected chi connectivity index (χ4v) is 1.49. The molecule has 8 heteroatoms. The van der Waals surface area contributed by atoms with E-state index in [1.165, 1.54) is 13.8 Å². The molecule has 0 spiro atoms. The van der Waals surface area contributed by atoms with Gasteiger partial charge in [-0.05, 0) is 26.0 Å². The van der Waals surface area contributed by atoms with Crippen LogP contribution in [0.15, 0.2) is 18.3 Å². The standard InChI is InChI=1S/C12H14F4N2O2/c1-3-20-10(19)11(2,18-7-12(14,15)16)9-5-4-8(13)6-17-9/h4-6,18H,3,7H2,1-2H3. The Morgan fingerprint density at radius 2 is 2.05 bits per heavy atom. The lowest BCUT2D eigenvalue weighted by molar-refractivity contribution is -0.155. The highest BCUT2D eigenvalue weighted by atomic mass is 19.4. The molecule has 1 N–H and O–H groups in total. The molecule has 0 saturated heterocycles. The Hall–Kier alpha value is -1.70. The Morgan fingerprint density at radius 3 is 2.50 bits per heavy atom. The Balaban J connectivity index is 3.06. The van der Waals surface area contributed by atoms with E-state index in [-0.39, 0.29) is 12.3 Å². The number of aromatic nitrogens is 1. The van der Waals surface area contributed by atoms with Gasteiger partial charge < -0.3 is 4.74 Å². The highest BCUT2D eigenvalue weighted by Crippen LogP contribution is 2.23. The largest absolute Gasteiger partial charge is 0.464 e. The number of esters is 1. The first-order valence-electron chi connectivity index (χ1n) is 5.80. The van der Waals surface area contributed by atoms with E-state index in [4.69, 9.17) is 4.74 Å². The number of hydrogen-bond acceptors (Lipinski definition) is 4. The number of ether oxygens (including phenoxy) is 1. The van der Waals surface area contributed by atoms with Crippen molar-refractivity contribution < 1.29 is 27.1 Å². The van der Waals surface area contributed by atoms with Gasteiger partial charge >= 0.3 is 12.1 Å². The summed E-state index contributed by atoms with van der Waals surface area (Å²) in [6, 6.07) is 2.14. The number of hydrogen-bond donors (Lipinski definition) is 1. The predicted octanol–water partition coefficient (Wildman–Crippen LogP) is 2.15. The highest BCUT2D eigenvalue weighted by Gasteiger charge is 2.41. The third kappa shape index (κ3) is 4.16. The summed E-state index contributed by atoms with van der Waals surface area (Å²) in [7, 11) is 0. The molecule has 0 aliphatic heterocycles. The molecular formula is C12H14F4N2O2. The first kappa shape index (κ1) is 16.4. The van der Waals surface area contributed by atoms with E-state index < -0.39 is 30.0 Å². The summed E-state index contributed by atoms with van der Waals surface area (Å²) in [5.41, 5.74) is -1.86. The maximum absolute atomic E-state index is 12.8. The second-order valence-electron chi connectivity index (χ2n) is 4.18. The lowest BCUT2D eigenvalue weighted by Crippen LogP contribution is -2.51. The summed E-state index contributed by atoms with van der Waals surface area (Å²) >= 11 is 0. The quantitative estimate of drug-likeness (QED) is 0.668. The van der Waals surface area contributed by atoms with Gasteiger partial charge in [0, 0.05) is 0 Å². The van der Waals surface area contributed by atoms with Crippen LogP contribution in [-0.2, 0) is 15.1 Å². The van der Waals surface area contributed by atoms with Crippen molar-refractivity contribution in [2.75, 3.05) is 13.2 Å². The number of carbonyl (C=O) groups is 1. The molecule has 0 fully saturated rings. The van der Waals surface area contributed by atoms with Crippen molar-refractivity contribution >= 4 is 5.97 Å². The molecule has 1 rings (SSSR count). The third-order valence-electron chi connectivity index (χ3n) is 2.57. The lowest BCUT2D eigenvalue weighted by atomic mass is 9.97. The number of carbonyl (C=O) groups excluding carboxylic acids is 1. The van der Waals surface area contributed by atoms with Crippen LogP contribution in [0.4, 0.5) is 17.6 Å². The van der Waals surface area contributed by atoms with Gasteiger partial charge in [0.1, 0.15) is 5.82 Å². The van der Waals surface area contributed by atoms with E-state index in [1.54, 1.807) is 0 Å². The molecule has 1 atom stereocenters. The third-order valence-corrected chi connectivity index (χ3v) is 2.57. The van der Waals surface area contributed by atoms with Crippen LogP contribution >= 0.6 is 0 Å². The average molecular weight is 294 g/mol. The average Bonchev–Trinajstić information content (AvgIpc) is 2.36. The van der Waals surface area contributed by atoms with Gasteiger partial charge in [0.2, 0.25) is 0 Å². The number of nitrogens with one attached hydrogen (secondary N) is 1. The minimum Gasteiger partial charge on any atom is -0.464 e. The number of rotatable bonds is 5. The summed E-state index contributed by atoms with van der Waals surface area (Å²) in [6.07, 6.45) is -3.68. The second kappa shape index (κ2) is 6.17. The van der Waals surface area contributed by atoms with Crippen LogP contribution in [0.25, 0.3) is 0 Å². The van der Waals surface area contributed by atoms with Gasteiger partial charge in [-0.3, -0.25) is 10.3 Å². The van der Waals surface area contributed by atoms with Crippen LogP contribution in [0.3, 0.4) is 0 Å². The van der Waals surface area contributed by atoms with Crippen LogP contribution in [0.5, 0.6) is 0 Å². The molecule has 0 radical (unpaired) electrons. The van der Waals surface area contributed by atoms with Crippen molar-refractivity contribution in [3.8, 4) is 0 Å². The van der Waals surface area contributed by atoms with E-state index in [9.17, 15) is 22.4 Å². The van der Waals surface area contributed by atoms with Gasteiger partial charge in [-0.1, -0.05) is 0 Å². The predicted molar refractivity (Wildman–Crippen MR) is 62.2 cm³/mol. The van der Waals surface area contributed by atoms with Gasteiger partial charge in [-0.15, -0.1) is 0 Å². The first-order valence-corrected chi connectivity index (χ1v) is 5.80. The number of alkyl halides is 3. The molecule has 112 valence electrons. The molecule has 1 aromatic heterocycles. The van der Waals surface area contributed by atoms with Crippen molar-refractivity contribution in [1.29, 1.82) is 0 Å². The molecule has 20 heavy (non-hydrogen) atoms. The Morgan fingerprint density at radius 1 is 1.40 bits per heavy atom. The molecule has 0 bridgehead atoms. The number of halogens is 4. The van der Waals surface area contributed by atoms with Gasteiger partial charge in [0.25, 0.3) is 0 Å². The first-order chi connectivity index (χ1) is 9.19. The fourth-order valence-electron chi connectivity index (χ4n) is 1.49. The molecule has 0 aromatic carbocycles. The van der Waals surface area contributed by atoms with E-state index >= 15 is 0 Å². The fraction of sp³-hybridized carbons (Fsp3) is 0.500. The summed E-state index contributed by atoms with van der Waals surface area (Å²) in [4.78, 5) is 15.5. The van der Waals surface area contributed by atoms with E-state index in [0.717, 1.165) is 18.3 Å². The van der Waals surface area contributed by atoms with Crippen molar-refractivity contribution in [1.82, 2.24) is 10.3 Å². The van der Waals surface area contributed by atoms with Crippen molar-refractivity contribution in [2.45, 2.75) is 25.6 Å². The normalized spacial score (nSPS) is 14.7. The zero-order valence-corrected chi connectivity index (χ0v) is 10.9. The van der Waals surface area contributed by atoms with Crippen LogP contribution < -0.4 is 5.32 Å². The zero-order valence-electron chi connectivity index (χ0n) is 10.9. The van der Waals surface area contributed by atoms with Crippen LogP contribution in [0.2, 0.25) is 0 Å². The Kier molecular flexibility index (Phi) is 5.04. The second-order valence-corrected chi connectivity index (χ2v) is 4.18. The zero-order chi connectivity index (χ0) is 15.4. The summed E-state index contributed by atoms with van der Waals surface area (Å²) in [6.45, 7) is 1.34. The topological polar surface area (TPSA) is 51.2 Å². The van der Waals surface area contributed by atoms with Gasteiger partial charge in [-0.2, -0.15) is 13.2 Å².